The van der Waals surface area contributed by atoms with E-state index in [0.29, 0.717) is 11.4 Å². The molecule has 1 aliphatic rings. The summed E-state index contributed by atoms with van der Waals surface area (Å²) in [4.78, 5) is 23.4. The number of nitro groups is 1. The fraction of sp³-hybridized carbons (Fsp3) is 0.381. The summed E-state index contributed by atoms with van der Waals surface area (Å²) < 4.78 is 27.5. The number of rotatable bonds is 7. The molecule has 0 bridgehead atoms. The van der Waals surface area contributed by atoms with Crippen molar-refractivity contribution < 1.29 is 18.1 Å². The molecule has 0 unspecified atom stereocenters. The van der Waals surface area contributed by atoms with Crippen molar-refractivity contribution in [2.75, 3.05) is 24.7 Å². The van der Waals surface area contributed by atoms with Crippen LogP contribution in [0.3, 0.4) is 0 Å². The van der Waals surface area contributed by atoms with Gasteiger partial charge in [-0.3, -0.25) is 14.9 Å². The highest BCUT2D eigenvalue weighted by Gasteiger charge is 2.29. The summed E-state index contributed by atoms with van der Waals surface area (Å²) in [7, 11) is -0.554. The first-order valence-electron chi connectivity index (χ1n) is 10.1. The number of hydrogen-bond donors (Lipinski definition) is 2. The maximum Gasteiger partial charge on any atom is 0.293 e. The van der Waals surface area contributed by atoms with Gasteiger partial charge in [-0.1, -0.05) is 25.3 Å². The number of hydrogen-bond acceptors (Lipinski definition) is 6. The number of carbonyl (C=O) groups excluding carboxylic acids is 1. The maximum atomic E-state index is 13.1. The SMILES string of the molecule is CNc1ccc(C(=O)Nc2cccc(S(=O)(=O)N(C)C3CCCCC3)c2)cc1[N+](=O)[O-]. The van der Waals surface area contributed by atoms with Gasteiger partial charge in [0.2, 0.25) is 10.0 Å². The number of sulfonamides is 1. The van der Waals surface area contributed by atoms with Crippen molar-refractivity contribution in [1.29, 1.82) is 0 Å². The van der Waals surface area contributed by atoms with Crippen LogP contribution in [0.2, 0.25) is 0 Å². The highest BCUT2D eigenvalue weighted by Crippen LogP contribution is 2.28. The van der Waals surface area contributed by atoms with E-state index in [0.717, 1.165) is 32.1 Å². The van der Waals surface area contributed by atoms with Crippen LogP contribution in [0.25, 0.3) is 0 Å². The van der Waals surface area contributed by atoms with Gasteiger partial charge in [-0.2, -0.15) is 4.31 Å². The average molecular weight is 447 g/mol. The van der Waals surface area contributed by atoms with Gasteiger partial charge in [0.05, 0.1) is 9.82 Å². The summed E-state index contributed by atoms with van der Waals surface area (Å²) >= 11 is 0. The Morgan fingerprint density at radius 2 is 1.84 bits per heavy atom. The zero-order valence-electron chi connectivity index (χ0n) is 17.5. The number of benzene rings is 2. The molecule has 1 fully saturated rings. The second-order valence-corrected chi connectivity index (χ2v) is 9.53. The van der Waals surface area contributed by atoms with Crippen molar-refractivity contribution in [1.82, 2.24) is 4.31 Å². The molecule has 2 aromatic carbocycles. The Labute approximate surface area is 181 Å². The third-order valence-electron chi connectivity index (χ3n) is 5.58. The summed E-state index contributed by atoms with van der Waals surface area (Å²) in [5.41, 5.74) is 0.461. The van der Waals surface area contributed by atoms with Crippen molar-refractivity contribution in [3.63, 3.8) is 0 Å². The lowest BCUT2D eigenvalue weighted by Gasteiger charge is -2.30. The van der Waals surface area contributed by atoms with Crippen LogP contribution >= 0.6 is 0 Å². The first kappa shape index (κ1) is 22.7. The molecule has 0 heterocycles. The van der Waals surface area contributed by atoms with Crippen molar-refractivity contribution >= 4 is 33.0 Å². The number of nitrogens with zero attached hydrogens (tertiary/aromatic N) is 2. The molecule has 2 N–H and O–H groups in total. The number of nitrogens with one attached hydrogen (secondary N) is 2. The highest BCUT2D eigenvalue weighted by molar-refractivity contribution is 7.89. The maximum absolute atomic E-state index is 13.1. The fourth-order valence-corrected chi connectivity index (χ4v) is 5.24. The molecular weight excluding hydrogens is 420 g/mol. The lowest BCUT2D eigenvalue weighted by molar-refractivity contribution is -0.384. The molecule has 3 rings (SSSR count). The predicted molar refractivity (Wildman–Crippen MR) is 119 cm³/mol. The molecule has 0 aromatic heterocycles. The first-order chi connectivity index (χ1) is 14.7. The normalized spacial score (nSPS) is 14.9. The van der Waals surface area contributed by atoms with Gasteiger partial charge in [-0.15, -0.1) is 0 Å². The molecule has 0 spiro atoms. The molecule has 2 aromatic rings. The molecule has 166 valence electrons. The minimum absolute atomic E-state index is 0.0248. The fourth-order valence-electron chi connectivity index (χ4n) is 3.78. The third-order valence-corrected chi connectivity index (χ3v) is 7.49. The summed E-state index contributed by atoms with van der Waals surface area (Å²) in [6, 6.07) is 10.1. The Balaban J connectivity index is 1.81. The summed E-state index contributed by atoms with van der Waals surface area (Å²) in [6.07, 6.45) is 4.83. The van der Waals surface area contributed by atoms with Gasteiger partial charge in [-0.05, 0) is 43.2 Å². The number of carbonyl (C=O) groups is 1. The molecule has 1 aliphatic carbocycles. The predicted octanol–water partition coefficient (Wildman–Crippen LogP) is 3.84. The molecule has 0 saturated heterocycles. The minimum Gasteiger partial charge on any atom is -0.383 e. The van der Waals surface area contributed by atoms with E-state index >= 15 is 0 Å². The van der Waals surface area contributed by atoms with Crippen LogP contribution in [0.15, 0.2) is 47.4 Å². The Morgan fingerprint density at radius 3 is 2.48 bits per heavy atom. The molecule has 1 amide bonds. The number of nitro benzene ring substituents is 1. The van der Waals surface area contributed by atoms with Crippen LogP contribution in [-0.2, 0) is 10.0 Å². The van der Waals surface area contributed by atoms with Crippen molar-refractivity contribution in [3.05, 3.63) is 58.1 Å². The van der Waals surface area contributed by atoms with E-state index in [1.165, 1.54) is 34.6 Å². The quantitative estimate of drug-likeness (QED) is 0.492. The van der Waals surface area contributed by atoms with Crippen molar-refractivity contribution in [3.8, 4) is 0 Å². The summed E-state index contributed by atoms with van der Waals surface area (Å²) in [5, 5.41) is 16.6. The van der Waals surface area contributed by atoms with Crippen LogP contribution in [0, 0.1) is 10.1 Å². The Hall–Kier alpha value is -2.98. The summed E-state index contributed by atoms with van der Waals surface area (Å²) in [5.74, 6) is -0.569. The Bertz CT molecular complexity index is 1080. The van der Waals surface area contributed by atoms with E-state index in [2.05, 4.69) is 10.6 Å². The standard InChI is InChI=1S/C21H26N4O5S/c1-22-19-12-11-15(13-20(19)25(27)28)21(26)23-16-7-6-10-18(14-16)31(29,30)24(2)17-8-4-3-5-9-17/h6-7,10-14,17,22H,3-5,8-9H2,1-2H3,(H,23,26). The highest BCUT2D eigenvalue weighted by atomic mass is 32.2. The molecular formula is C21H26N4O5S. The molecule has 9 nitrogen and oxygen atoms in total. The number of amides is 1. The molecule has 0 atom stereocenters. The lowest BCUT2D eigenvalue weighted by Crippen LogP contribution is -2.38. The summed E-state index contributed by atoms with van der Waals surface area (Å²) in [6.45, 7) is 0. The van der Waals surface area contributed by atoms with Gasteiger partial charge < -0.3 is 10.6 Å². The number of anilines is 2. The topological polar surface area (TPSA) is 122 Å². The van der Waals surface area contributed by atoms with Gasteiger partial charge in [0.1, 0.15) is 5.69 Å². The second-order valence-electron chi connectivity index (χ2n) is 7.53. The van der Waals surface area contributed by atoms with E-state index in [4.69, 9.17) is 0 Å². The van der Waals surface area contributed by atoms with Gasteiger partial charge in [-0.25, -0.2) is 8.42 Å². The molecule has 0 aliphatic heterocycles. The zero-order valence-corrected chi connectivity index (χ0v) is 18.3. The third kappa shape index (κ3) is 5.02. The second kappa shape index (κ2) is 9.44. The molecule has 0 radical (unpaired) electrons. The van der Waals surface area contributed by atoms with Crippen molar-refractivity contribution in [2.24, 2.45) is 0 Å². The smallest absolute Gasteiger partial charge is 0.293 e. The largest absolute Gasteiger partial charge is 0.383 e. The van der Waals surface area contributed by atoms with E-state index < -0.39 is 20.9 Å². The van der Waals surface area contributed by atoms with Crippen LogP contribution in [0.5, 0.6) is 0 Å². The molecule has 31 heavy (non-hydrogen) atoms. The molecule has 1 saturated carbocycles. The van der Waals surface area contributed by atoms with E-state index in [1.54, 1.807) is 26.2 Å². The Kier molecular flexibility index (Phi) is 6.91. The van der Waals surface area contributed by atoms with Crippen LogP contribution in [0.4, 0.5) is 17.1 Å². The van der Waals surface area contributed by atoms with E-state index in [1.807, 2.05) is 0 Å². The molecule has 10 heteroatoms. The van der Waals surface area contributed by atoms with Crippen LogP contribution in [-0.4, -0.2) is 43.7 Å². The van der Waals surface area contributed by atoms with Crippen molar-refractivity contribution in [2.45, 2.75) is 43.0 Å². The lowest BCUT2D eigenvalue weighted by atomic mass is 9.96. The van der Waals surface area contributed by atoms with Gasteiger partial charge in [0, 0.05) is 37.5 Å². The van der Waals surface area contributed by atoms with Crippen LogP contribution in [0.1, 0.15) is 42.5 Å². The van der Waals surface area contributed by atoms with E-state index in [-0.39, 0.29) is 22.2 Å². The minimum atomic E-state index is -3.70. The zero-order chi connectivity index (χ0) is 22.6. The van der Waals surface area contributed by atoms with Crippen LogP contribution < -0.4 is 10.6 Å². The monoisotopic (exact) mass is 446 g/mol. The van der Waals surface area contributed by atoms with E-state index in [9.17, 15) is 23.3 Å². The van der Waals surface area contributed by atoms with Gasteiger partial charge in [0.25, 0.3) is 11.6 Å². The first-order valence-corrected chi connectivity index (χ1v) is 11.5. The van der Waals surface area contributed by atoms with Gasteiger partial charge >= 0.3 is 0 Å². The van der Waals surface area contributed by atoms with Gasteiger partial charge in [0.15, 0.2) is 0 Å². The average Bonchev–Trinajstić information content (AvgIpc) is 2.78. The Morgan fingerprint density at radius 1 is 1.13 bits per heavy atom.